The molecule has 4 nitrogen and oxygen atoms in total. The van der Waals surface area contributed by atoms with Crippen molar-refractivity contribution in [3.63, 3.8) is 0 Å². The zero-order chi connectivity index (χ0) is 16.9. The van der Waals surface area contributed by atoms with E-state index in [1.54, 1.807) is 37.4 Å². The molecule has 1 unspecified atom stereocenters. The van der Waals surface area contributed by atoms with E-state index in [2.05, 4.69) is 5.32 Å². The topological polar surface area (TPSA) is 58.6 Å². The van der Waals surface area contributed by atoms with Crippen LogP contribution in [0.25, 0.3) is 10.4 Å². The summed E-state index contributed by atoms with van der Waals surface area (Å²) in [5.74, 6) is -0.573. The van der Waals surface area contributed by atoms with Crippen LogP contribution in [0.2, 0.25) is 0 Å². The highest BCUT2D eigenvalue weighted by Gasteiger charge is 2.27. The second kappa shape index (κ2) is 7.68. The molecule has 23 heavy (non-hydrogen) atoms. The van der Waals surface area contributed by atoms with E-state index < -0.39 is 5.54 Å². The number of amides is 1. The van der Waals surface area contributed by atoms with Crippen LogP contribution in [0.4, 0.5) is 4.39 Å². The van der Waals surface area contributed by atoms with E-state index in [0.29, 0.717) is 28.3 Å². The normalized spacial score (nSPS) is 13.6. The molecule has 0 fully saturated rings. The van der Waals surface area contributed by atoms with Crippen LogP contribution in [-0.4, -0.2) is 36.9 Å². The molecule has 2 rings (SSSR count). The Kier molecular flexibility index (Phi) is 5.87. The summed E-state index contributed by atoms with van der Waals surface area (Å²) in [6.07, 6.45) is 0.387. The molecule has 0 aliphatic heterocycles. The van der Waals surface area contributed by atoms with Crippen molar-refractivity contribution in [3.05, 3.63) is 47.1 Å². The van der Waals surface area contributed by atoms with Gasteiger partial charge in [0.15, 0.2) is 0 Å². The number of ether oxygens (including phenoxy) is 1. The SMILES string of the molecule is COCC(C)(CCO)NC(=O)c1ccc(-c2ccccc2F)s1. The van der Waals surface area contributed by atoms with Gasteiger partial charge in [-0.15, -0.1) is 11.3 Å². The predicted octanol–water partition coefficient (Wildman–Crippen LogP) is 3.07. The largest absolute Gasteiger partial charge is 0.396 e. The lowest BCUT2D eigenvalue weighted by Gasteiger charge is -2.29. The molecule has 1 aromatic heterocycles. The van der Waals surface area contributed by atoms with E-state index in [1.807, 2.05) is 6.92 Å². The Morgan fingerprint density at radius 1 is 1.35 bits per heavy atom. The first-order valence-corrected chi connectivity index (χ1v) is 8.08. The first kappa shape index (κ1) is 17.6. The molecule has 0 aliphatic rings. The standard InChI is InChI=1S/C17H20FNO3S/c1-17(9-10-20,11-22-2)19-16(21)15-8-7-14(23-15)12-5-3-4-6-13(12)18/h3-8,20H,9-11H2,1-2H3,(H,19,21). The quantitative estimate of drug-likeness (QED) is 0.816. The van der Waals surface area contributed by atoms with Crippen molar-refractivity contribution in [2.75, 3.05) is 20.3 Å². The van der Waals surface area contributed by atoms with Crippen molar-refractivity contribution in [3.8, 4) is 10.4 Å². The van der Waals surface area contributed by atoms with Crippen molar-refractivity contribution in [1.29, 1.82) is 0 Å². The van der Waals surface area contributed by atoms with Gasteiger partial charge in [-0.05, 0) is 31.5 Å². The van der Waals surface area contributed by atoms with Crippen molar-refractivity contribution in [2.45, 2.75) is 18.9 Å². The van der Waals surface area contributed by atoms with Gasteiger partial charge in [-0.2, -0.15) is 0 Å². The Bertz CT molecular complexity index is 665. The summed E-state index contributed by atoms with van der Waals surface area (Å²) in [7, 11) is 1.54. The number of hydrogen-bond donors (Lipinski definition) is 2. The Hall–Kier alpha value is -1.76. The Labute approximate surface area is 138 Å². The molecule has 2 aromatic rings. The molecule has 0 aliphatic carbocycles. The summed E-state index contributed by atoms with van der Waals surface area (Å²) < 4.78 is 18.9. The van der Waals surface area contributed by atoms with E-state index in [-0.39, 0.29) is 18.3 Å². The molecule has 6 heteroatoms. The van der Waals surface area contributed by atoms with E-state index >= 15 is 0 Å². The molecular weight excluding hydrogens is 317 g/mol. The third kappa shape index (κ3) is 4.37. The summed E-state index contributed by atoms with van der Waals surface area (Å²) in [5.41, 5.74) is -0.172. The fourth-order valence-electron chi connectivity index (χ4n) is 2.34. The van der Waals surface area contributed by atoms with E-state index in [1.165, 1.54) is 17.4 Å². The van der Waals surface area contributed by atoms with Crippen LogP contribution in [0.3, 0.4) is 0 Å². The number of thiophene rings is 1. The van der Waals surface area contributed by atoms with Crippen LogP contribution < -0.4 is 5.32 Å². The summed E-state index contributed by atoms with van der Waals surface area (Å²) in [6, 6.07) is 9.88. The zero-order valence-electron chi connectivity index (χ0n) is 13.1. The highest BCUT2D eigenvalue weighted by Crippen LogP contribution is 2.30. The molecule has 0 saturated carbocycles. The maximum Gasteiger partial charge on any atom is 0.261 e. The van der Waals surface area contributed by atoms with Crippen molar-refractivity contribution in [2.24, 2.45) is 0 Å². The summed E-state index contributed by atoms with van der Waals surface area (Å²) in [5, 5.41) is 12.0. The molecule has 0 spiro atoms. The van der Waals surface area contributed by atoms with Crippen LogP contribution >= 0.6 is 11.3 Å². The lowest BCUT2D eigenvalue weighted by atomic mass is 9.99. The van der Waals surface area contributed by atoms with Crippen LogP contribution in [0, 0.1) is 5.82 Å². The van der Waals surface area contributed by atoms with Crippen LogP contribution in [-0.2, 0) is 4.74 Å². The summed E-state index contributed by atoms with van der Waals surface area (Å²) in [6.45, 7) is 2.06. The van der Waals surface area contributed by atoms with Crippen molar-refractivity contribution >= 4 is 17.2 Å². The number of aliphatic hydroxyl groups is 1. The number of nitrogens with one attached hydrogen (secondary N) is 1. The highest BCUT2D eigenvalue weighted by atomic mass is 32.1. The lowest BCUT2D eigenvalue weighted by Crippen LogP contribution is -2.49. The van der Waals surface area contributed by atoms with Gasteiger partial charge in [0.2, 0.25) is 0 Å². The smallest absolute Gasteiger partial charge is 0.261 e. The Morgan fingerprint density at radius 3 is 2.74 bits per heavy atom. The number of carbonyl (C=O) groups excluding carboxylic acids is 1. The van der Waals surface area contributed by atoms with Gasteiger partial charge < -0.3 is 15.2 Å². The zero-order valence-corrected chi connectivity index (χ0v) is 14.0. The minimum Gasteiger partial charge on any atom is -0.396 e. The van der Waals surface area contributed by atoms with Gasteiger partial charge in [0, 0.05) is 24.2 Å². The monoisotopic (exact) mass is 337 g/mol. The van der Waals surface area contributed by atoms with E-state index in [9.17, 15) is 9.18 Å². The van der Waals surface area contributed by atoms with Gasteiger partial charge in [-0.1, -0.05) is 18.2 Å². The first-order chi connectivity index (χ1) is 11.0. The van der Waals surface area contributed by atoms with E-state index in [4.69, 9.17) is 9.84 Å². The van der Waals surface area contributed by atoms with Crippen LogP contribution in [0.5, 0.6) is 0 Å². The third-order valence-electron chi connectivity index (χ3n) is 3.51. The molecule has 0 saturated heterocycles. The fourth-order valence-corrected chi connectivity index (χ4v) is 3.27. The molecule has 0 radical (unpaired) electrons. The van der Waals surface area contributed by atoms with Crippen LogP contribution in [0.15, 0.2) is 36.4 Å². The second-order valence-corrected chi connectivity index (χ2v) is 6.65. The van der Waals surface area contributed by atoms with Gasteiger partial charge in [0.05, 0.1) is 17.0 Å². The molecular formula is C17H20FNO3S. The Morgan fingerprint density at radius 2 is 2.09 bits per heavy atom. The van der Waals surface area contributed by atoms with Gasteiger partial charge in [-0.3, -0.25) is 4.79 Å². The van der Waals surface area contributed by atoms with Crippen LogP contribution in [0.1, 0.15) is 23.0 Å². The molecule has 2 N–H and O–H groups in total. The van der Waals surface area contributed by atoms with Gasteiger partial charge >= 0.3 is 0 Å². The Balaban J connectivity index is 2.17. The predicted molar refractivity (Wildman–Crippen MR) is 89.2 cm³/mol. The molecule has 124 valence electrons. The lowest BCUT2D eigenvalue weighted by molar-refractivity contribution is 0.0729. The summed E-state index contributed by atoms with van der Waals surface area (Å²) in [4.78, 5) is 13.6. The fraction of sp³-hybridized carbons (Fsp3) is 0.353. The second-order valence-electron chi connectivity index (χ2n) is 5.57. The first-order valence-electron chi connectivity index (χ1n) is 7.26. The maximum atomic E-state index is 13.8. The number of methoxy groups -OCH3 is 1. The van der Waals surface area contributed by atoms with Gasteiger partial charge in [0.1, 0.15) is 5.82 Å². The average Bonchev–Trinajstić information content (AvgIpc) is 2.97. The minimum atomic E-state index is -0.650. The highest BCUT2D eigenvalue weighted by molar-refractivity contribution is 7.17. The van der Waals surface area contributed by atoms with Crippen molar-refractivity contribution in [1.82, 2.24) is 5.32 Å². The molecule has 1 atom stereocenters. The van der Waals surface area contributed by atoms with Gasteiger partial charge in [-0.25, -0.2) is 4.39 Å². The number of hydrogen-bond acceptors (Lipinski definition) is 4. The van der Waals surface area contributed by atoms with Gasteiger partial charge in [0.25, 0.3) is 5.91 Å². The maximum absolute atomic E-state index is 13.8. The average molecular weight is 337 g/mol. The number of benzene rings is 1. The van der Waals surface area contributed by atoms with Crippen molar-refractivity contribution < 1.29 is 19.0 Å². The molecule has 0 bridgehead atoms. The molecule has 1 heterocycles. The van der Waals surface area contributed by atoms with E-state index in [0.717, 1.165) is 0 Å². The molecule has 1 aromatic carbocycles. The third-order valence-corrected chi connectivity index (χ3v) is 4.63. The summed E-state index contributed by atoms with van der Waals surface area (Å²) >= 11 is 1.23. The molecule has 1 amide bonds. The number of halogens is 1. The number of rotatable bonds is 7. The minimum absolute atomic E-state index is 0.0505. The number of aliphatic hydroxyl groups excluding tert-OH is 1. The number of carbonyl (C=O) groups is 1.